The van der Waals surface area contributed by atoms with E-state index in [1.807, 2.05) is 21.3 Å². The van der Waals surface area contributed by atoms with Gasteiger partial charge in [0.05, 0.1) is 9.86 Å². The molecule has 3 heterocycles. The summed E-state index contributed by atoms with van der Waals surface area (Å²) in [6.07, 6.45) is 3.34. The van der Waals surface area contributed by atoms with Crippen molar-refractivity contribution < 1.29 is 4.63 Å². The maximum absolute atomic E-state index is 4.50. The number of aryl methyl sites for hydroxylation is 1. The van der Waals surface area contributed by atoms with Gasteiger partial charge in [-0.3, -0.25) is 0 Å². The first-order valence-corrected chi connectivity index (χ1v) is 6.32. The van der Waals surface area contributed by atoms with Crippen molar-refractivity contribution in [1.29, 1.82) is 0 Å². The van der Waals surface area contributed by atoms with Crippen molar-refractivity contribution in [2.45, 2.75) is 6.92 Å². The summed E-state index contributed by atoms with van der Waals surface area (Å²) in [5.74, 6) is 0. The van der Waals surface area contributed by atoms with Gasteiger partial charge in [-0.1, -0.05) is 10.7 Å². The van der Waals surface area contributed by atoms with Crippen LogP contribution in [0.25, 0.3) is 22.2 Å². The van der Waals surface area contributed by atoms with Crippen LogP contribution in [0.1, 0.15) is 5.69 Å². The van der Waals surface area contributed by atoms with Gasteiger partial charge in [-0.25, -0.2) is 4.98 Å². The molecule has 6 heteroatoms. The molecule has 0 fully saturated rings. The number of rotatable bonds is 0. The fraction of sp³-hybridized carbons (Fsp3) is 0.0833. The molecule has 0 spiro atoms. The van der Waals surface area contributed by atoms with Crippen molar-refractivity contribution in [2.24, 2.45) is 0 Å². The van der Waals surface area contributed by atoms with Gasteiger partial charge >= 0.3 is 0 Å². The Morgan fingerprint density at radius 2 is 2.11 bits per heavy atom. The molecule has 0 amide bonds. The van der Waals surface area contributed by atoms with Crippen molar-refractivity contribution >= 4 is 38.1 Å². The van der Waals surface area contributed by atoms with Crippen molar-refractivity contribution in [3.63, 3.8) is 0 Å². The molecular weight excluding hydrogens is 294 g/mol. The average molecular weight is 302 g/mol. The highest BCUT2D eigenvalue weighted by molar-refractivity contribution is 9.10. The predicted molar refractivity (Wildman–Crippen MR) is 69.4 cm³/mol. The van der Waals surface area contributed by atoms with E-state index in [9.17, 15) is 0 Å². The SMILES string of the molecule is Cc1c2cccc(Br)c2[n+]2[n-]c3nccnc3n12. The third kappa shape index (κ3) is 1.08. The zero-order valence-corrected chi connectivity index (χ0v) is 11.1. The molecule has 0 unspecified atom stereocenters. The van der Waals surface area contributed by atoms with Crippen molar-refractivity contribution in [2.75, 3.05) is 0 Å². The lowest BCUT2D eigenvalue weighted by atomic mass is 10.2. The molecule has 0 radical (unpaired) electrons. The molecule has 0 aliphatic rings. The Kier molecular flexibility index (Phi) is 1.83. The number of hydrogen-bond acceptors (Lipinski definition) is 2. The van der Waals surface area contributed by atoms with Crippen molar-refractivity contribution in [1.82, 2.24) is 19.6 Å². The Bertz CT molecular complexity index is 905. The van der Waals surface area contributed by atoms with Gasteiger partial charge in [0, 0.05) is 11.9 Å². The standard InChI is InChI=1S/C12H8BrN5/c1-7-8-3-2-4-9(13)10(8)18-16-11-12(17(7)18)15-6-5-14-11/h2-6H,1H3. The minimum Gasteiger partial charge on any atom is -0.361 e. The molecule has 5 nitrogen and oxygen atoms in total. The lowest BCUT2D eigenvalue weighted by Crippen LogP contribution is -2.30. The number of benzene rings is 1. The molecule has 0 atom stereocenters. The van der Waals surface area contributed by atoms with E-state index in [4.69, 9.17) is 0 Å². The summed E-state index contributed by atoms with van der Waals surface area (Å²) in [6, 6.07) is 6.11. The number of aromatic nitrogens is 5. The van der Waals surface area contributed by atoms with Gasteiger partial charge in [-0.05, 0) is 41.2 Å². The summed E-state index contributed by atoms with van der Waals surface area (Å²) in [6.45, 7) is 2.06. The van der Waals surface area contributed by atoms with Crippen LogP contribution in [0.15, 0.2) is 35.1 Å². The van der Waals surface area contributed by atoms with Crippen LogP contribution in [-0.4, -0.2) is 14.5 Å². The van der Waals surface area contributed by atoms with Crippen LogP contribution in [0.4, 0.5) is 0 Å². The molecule has 3 aromatic heterocycles. The Balaban J connectivity index is 2.40. The number of nitrogens with zero attached hydrogens (tertiary/aromatic N) is 5. The van der Waals surface area contributed by atoms with E-state index in [1.165, 1.54) is 0 Å². The Labute approximate surface area is 110 Å². The second-order valence-electron chi connectivity index (χ2n) is 4.13. The summed E-state index contributed by atoms with van der Waals surface area (Å²) in [7, 11) is 0. The Hall–Kier alpha value is -1.95. The molecule has 0 bridgehead atoms. The van der Waals surface area contributed by atoms with E-state index >= 15 is 0 Å². The van der Waals surface area contributed by atoms with Crippen LogP contribution in [-0.2, 0) is 0 Å². The topological polar surface area (TPSA) is 48.4 Å². The molecule has 0 N–H and O–H groups in total. The fourth-order valence-electron chi connectivity index (χ4n) is 2.34. The van der Waals surface area contributed by atoms with Crippen LogP contribution >= 0.6 is 15.9 Å². The zero-order valence-electron chi connectivity index (χ0n) is 9.50. The van der Waals surface area contributed by atoms with Crippen LogP contribution in [0.2, 0.25) is 0 Å². The number of para-hydroxylation sites is 1. The largest absolute Gasteiger partial charge is 0.361 e. The molecule has 18 heavy (non-hydrogen) atoms. The van der Waals surface area contributed by atoms with E-state index in [2.05, 4.69) is 44.0 Å². The zero-order chi connectivity index (χ0) is 12.3. The van der Waals surface area contributed by atoms with Gasteiger partial charge in [0.15, 0.2) is 5.65 Å². The Morgan fingerprint density at radius 1 is 1.28 bits per heavy atom. The van der Waals surface area contributed by atoms with Crippen LogP contribution in [0.3, 0.4) is 0 Å². The molecule has 4 aromatic rings. The molecule has 1 aromatic carbocycles. The van der Waals surface area contributed by atoms with Gasteiger partial charge < -0.3 is 4.98 Å². The molecule has 0 aliphatic heterocycles. The molecular formula is C12H8BrN5. The fourth-order valence-corrected chi connectivity index (χ4v) is 2.87. The smallest absolute Gasteiger partial charge is 0.260 e. The number of halogens is 1. The first-order valence-electron chi connectivity index (χ1n) is 5.52. The van der Waals surface area contributed by atoms with Crippen molar-refractivity contribution in [3.8, 4) is 0 Å². The van der Waals surface area contributed by atoms with Crippen LogP contribution in [0, 0.1) is 6.92 Å². The molecule has 0 saturated heterocycles. The lowest BCUT2D eigenvalue weighted by Gasteiger charge is -1.92. The summed E-state index contributed by atoms with van der Waals surface area (Å²) >= 11 is 3.57. The number of hydrogen-bond donors (Lipinski definition) is 0. The summed E-state index contributed by atoms with van der Waals surface area (Å²) in [4.78, 5) is 8.59. The average Bonchev–Trinajstić information content (AvgIpc) is 2.87. The minimum atomic E-state index is 0.651. The highest BCUT2D eigenvalue weighted by Crippen LogP contribution is 2.24. The van der Waals surface area contributed by atoms with Gasteiger partial charge in [-0.2, -0.15) is 4.52 Å². The van der Waals surface area contributed by atoms with E-state index in [1.54, 1.807) is 12.4 Å². The number of fused-ring (bicyclic) bond motifs is 5. The second-order valence-corrected chi connectivity index (χ2v) is 4.98. The minimum absolute atomic E-state index is 0.651. The third-order valence-electron chi connectivity index (χ3n) is 3.13. The van der Waals surface area contributed by atoms with E-state index < -0.39 is 0 Å². The molecule has 4 rings (SSSR count). The highest BCUT2D eigenvalue weighted by Gasteiger charge is 2.19. The van der Waals surface area contributed by atoms with E-state index in [0.717, 1.165) is 26.7 Å². The maximum Gasteiger partial charge on any atom is 0.260 e. The monoisotopic (exact) mass is 301 g/mol. The van der Waals surface area contributed by atoms with E-state index in [-0.39, 0.29) is 0 Å². The molecule has 0 saturated carbocycles. The van der Waals surface area contributed by atoms with Gasteiger partial charge in [-0.15, -0.1) is 5.10 Å². The Morgan fingerprint density at radius 3 is 3.00 bits per heavy atom. The first-order chi connectivity index (χ1) is 8.77. The second kappa shape index (κ2) is 3.29. The lowest BCUT2D eigenvalue weighted by molar-refractivity contribution is -0.650. The summed E-state index contributed by atoms with van der Waals surface area (Å²) in [5.41, 5.74) is 3.57. The van der Waals surface area contributed by atoms with Crippen LogP contribution in [0.5, 0.6) is 0 Å². The summed E-state index contributed by atoms with van der Waals surface area (Å²) < 4.78 is 4.84. The third-order valence-corrected chi connectivity index (χ3v) is 3.77. The van der Waals surface area contributed by atoms with Crippen molar-refractivity contribution in [3.05, 3.63) is 40.8 Å². The maximum atomic E-state index is 4.50. The predicted octanol–water partition coefficient (Wildman–Crippen LogP) is 1.65. The van der Waals surface area contributed by atoms with Gasteiger partial charge in [0.1, 0.15) is 5.65 Å². The summed E-state index contributed by atoms with van der Waals surface area (Å²) in [5, 5.41) is 5.66. The highest BCUT2D eigenvalue weighted by atomic mass is 79.9. The normalized spacial score (nSPS) is 11.9. The van der Waals surface area contributed by atoms with Gasteiger partial charge in [0.25, 0.3) is 5.52 Å². The van der Waals surface area contributed by atoms with Crippen LogP contribution < -0.4 is 9.73 Å². The quantitative estimate of drug-likeness (QED) is 0.464. The first kappa shape index (κ1) is 10.0. The molecule has 88 valence electrons. The molecule has 0 aliphatic carbocycles. The van der Waals surface area contributed by atoms with E-state index in [0.29, 0.717) is 5.65 Å². The van der Waals surface area contributed by atoms with Gasteiger partial charge in [0.2, 0.25) is 0 Å².